The summed E-state index contributed by atoms with van der Waals surface area (Å²) in [5.74, 6) is 2.38. The predicted molar refractivity (Wildman–Crippen MR) is 59.7 cm³/mol. The molecule has 6 heteroatoms. The molecular formula is C10H13N5O. The Hall–Kier alpha value is -2.11. The molecule has 0 aliphatic rings. The monoisotopic (exact) mass is 219 g/mol. The zero-order valence-electron chi connectivity index (χ0n) is 8.97. The molecule has 0 aliphatic heterocycles. The van der Waals surface area contributed by atoms with Gasteiger partial charge in [-0.25, -0.2) is 9.97 Å². The van der Waals surface area contributed by atoms with E-state index in [1.54, 1.807) is 18.5 Å². The van der Waals surface area contributed by atoms with Crippen LogP contribution >= 0.6 is 0 Å². The highest BCUT2D eigenvalue weighted by Crippen LogP contribution is 2.07. The highest BCUT2D eigenvalue weighted by molar-refractivity contribution is 5.34. The standard InChI is InChI=1S/C10H13N5O/c1-2-7-5-13-9(16-7)6-14-10-12-4-3-8(11)15-10/h3-5H,2,6H2,1H3,(H3,11,12,14,15). The highest BCUT2D eigenvalue weighted by Gasteiger charge is 2.03. The van der Waals surface area contributed by atoms with Crippen molar-refractivity contribution >= 4 is 11.8 Å². The van der Waals surface area contributed by atoms with Gasteiger partial charge in [-0.05, 0) is 6.07 Å². The maximum Gasteiger partial charge on any atom is 0.225 e. The Bertz CT molecular complexity index is 468. The van der Waals surface area contributed by atoms with Crippen LogP contribution in [0.25, 0.3) is 0 Å². The molecule has 2 heterocycles. The van der Waals surface area contributed by atoms with Crippen LogP contribution in [0.5, 0.6) is 0 Å². The van der Waals surface area contributed by atoms with E-state index in [0.29, 0.717) is 24.2 Å². The van der Waals surface area contributed by atoms with E-state index in [-0.39, 0.29) is 0 Å². The average Bonchev–Trinajstić information content (AvgIpc) is 2.74. The lowest BCUT2D eigenvalue weighted by Gasteiger charge is -2.01. The first-order valence-corrected chi connectivity index (χ1v) is 5.04. The van der Waals surface area contributed by atoms with Gasteiger partial charge < -0.3 is 15.5 Å². The van der Waals surface area contributed by atoms with E-state index in [1.807, 2.05) is 6.92 Å². The molecule has 2 aromatic heterocycles. The summed E-state index contributed by atoms with van der Waals surface area (Å²) in [5.41, 5.74) is 5.52. The van der Waals surface area contributed by atoms with Crippen LogP contribution in [0.15, 0.2) is 22.9 Å². The van der Waals surface area contributed by atoms with E-state index in [2.05, 4.69) is 20.3 Å². The first-order chi connectivity index (χ1) is 7.78. The minimum Gasteiger partial charge on any atom is -0.444 e. The summed E-state index contributed by atoms with van der Waals surface area (Å²) < 4.78 is 5.42. The van der Waals surface area contributed by atoms with Gasteiger partial charge in [-0.2, -0.15) is 4.98 Å². The Morgan fingerprint density at radius 2 is 2.31 bits per heavy atom. The molecule has 0 saturated carbocycles. The molecule has 0 unspecified atom stereocenters. The van der Waals surface area contributed by atoms with Crippen LogP contribution in [0.2, 0.25) is 0 Å². The van der Waals surface area contributed by atoms with Crippen molar-refractivity contribution in [2.24, 2.45) is 0 Å². The molecule has 0 amide bonds. The number of hydrogen-bond donors (Lipinski definition) is 2. The van der Waals surface area contributed by atoms with E-state index in [4.69, 9.17) is 10.2 Å². The van der Waals surface area contributed by atoms with Crippen LogP contribution in [-0.4, -0.2) is 15.0 Å². The number of nitrogens with two attached hydrogens (primary N) is 1. The number of nitrogens with zero attached hydrogens (tertiary/aromatic N) is 3. The zero-order valence-corrected chi connectivity index (χ0v) is 8.97. The smallest absolute Gasteiger partial charge is 0.225 e. The van der Waals surface area contributed by atoms with Gasteiger partial charge in [0.05, 0.1) is 12.7 Å². The Morgan fingerprint density at radius 3 is 3.00 bits per heavy atom. The van der Waals surface area contributed by atoms with Crippen molar-refractivity contribution in [2.45, 2.75) is 19.9 Å². The SMILES string of the molecule is CCc1cnc(CNc2nccc(N)n2)o1. The summed E-state index contributed by atoms with van der Waals surface area (Å²) in [6, 6.07) is 1.63. The molecule has 0 fully saturated rings. The molecule has 16 heavy (non-hydrogen) atoms. The Kier molecular flexibility index (Phi) is 3.00. The van der Waals surface area contributed by atoms with E-state index >= 15 is 0 Å². The van der Waals surface area contributed by atoms with Crippen molar-refractivity contribution in [3.63, 3.8) is 0 Å². The number of hydrogen-bond acceptors (Lipinski definition) is 6. The third kappa shape index (κ3) is 2.47. The number of nitrogen functional groups attached to an aromatic ring is 1. The summed E-state index contributed by atoms with van der Waals surface area (Å²) in [6.07, 6.45) is 4.15. The number of anilines is 2. The third-order valence-corrected chi connectivity index (χ3v) is 2.02. The van der Waals surface area contributed by atoms with Gasteiger partial charge in [0.15, 0.2) is 0 Å². The molecule has 2 rings (SSSR count). The zero-order chi connectivity index (χ0) is 11.4. The van der Waals surface area contributed by atoms with E-state index in [0.717, 1.165) is 12.2 Å². The second-order valence-corrected chi connectivity index (χ2v) is 3.23. The first-order valence-electron chi connectivity index (χ1n) is 5.04. The summed E-state index contributed by atoms with van der Waals surface area (Å²) in [5, 5.41) is 2.98. The minimum atomic E-state index is 0.430. The van der Waals surface area contributed by atoms with Gasteiger partial charge in [0, 0.05) is 12.6 Å². The second kappa shape index (κ2) is 4.61. The molecule has 0 aromatic carbocycles. The van der Waals surface area contributed by atoms with Gasteiger partial charge in [-0.1, -0.05) is 6.92 Å². The molecule has 0 saturated heterocycles. The minimum absolute atomic E-state index is 0.430. The van der Waals surface area contributed by atoms with Gasteiger partial charge in [0.2, 0.25) is 11.8 Å². The molecule has 0 radical (unpaired) electrons. The fraction of sp³-hybridized carbons (Fsp3) is 0.300. The average molecular weight is 219 g/mol. The Labute approximate surface area is 92.9 Å². The molecule has 6 nitrogen and oxygen atoms in total. The Balaban J connectivity index is 1.96. The van der Waals surface area contributed by atoms with Crippen LogP contribution in [0.4, 0.5) is 11.8 Å². The third-order valence-electron chi connectivity index (χ3n) is 2.02. The van der Waals surface area contributed by atoms with Crippen molar-refractivity contribution < 1.29 is 4.42 Å². The lowest BCUT2D eigenvalue weighted by atomic mass is 10.4. The maximum atomic E-state index is 5.52. The molecule has 84 valence electrons. The summed E-state index contributed by atoms with van der Waals surface area (Å²) in [4.78, 5) is 12.1. The summed E-state index contributed by atoms with van der Waals surface area (Å²) >= 11 is 0. The Morgan fingerprint density at radius 1 is 1.44 bits per heavy atom. The van der Waals surface area contributed by atoms with Crippen molar-refractivity contribution in [3.8, 4) is 0 Å². The lowest BCUT2D eigenvalue weighted by Crippen LogP contribution is -2.04. The van der Waals surface area contributed by atoms with Gasteiger partial charge in [0.1, 0.15) is 11.6 Å². The number of rotatable bonds is 4. The largest absolute Gasteiger partial charge is 0.444 e. The van der Waals surface area contributed by atoms with Crippen molar-refractivity contribution in [3.05, 3.63) is 30.1 Å². The maximum absolute atomic E-state index is 5.52. The quantitative estimate of drug-likeness (QED) is 0.803. The van der Waals surface area contributed by atoms with Crippen LogP contribution in [0.3, 0.4) is 0 Å². The molecule has 0 aliphatic carbocycles. The van der Waals surface area contributed by atoms with Gasteiger partial charge in [-0.15, -0.1) is 0 Å². The number of nitrogens with one attached hydrogen (secondary N) is 1. The van der Waals surface area contributed by atoms with E-state index in [1.165, 1.54) is 0 Å². The molecule has 0 atom stereocenters. The van der Waals surface area contributed by atoms with Gasteiger partial charge >= 0.3 is 0 Å². The topological polar surface area (TPSA) is 89.9 Å². The molecular weight excluding hydrogens is 206 g/mol. The van der Waals surface area contributed by atoms with Crippen LogP contribution in [0.1, 0.15) is 18.6 Å². The molecule has 0 bridgehead atoms. The highest BCUT2D eigenvalue weighted by atomic mass is 16.4. The van der Waals surface area contributed by atoms with Gasteiger partial charge in [0.25, 0.3) is 0 Å². The van der Waals surface area contributed by atoms with Crippen molar-refractivity contribution in [1.82, 2.24) is 15.0 Å². The molecule has 0 spiro atoms. The number of aromatic nitrogens is 3. The van der Waals surface area contributed by atoms with E-state index in [9.17, 15) is 0 Å². The number of aryl methyl sites for hydroxylation is 1. The van der Waals surface area contributed by atoms with Crippen LogP contribution in [-0.2, 0) is 13.0 Å². The van der Waals surface area contributed by atoms with Crippen LogP contribution in [0, 0.1) is 0 Å². The first kappa shape index (κ1) is 10.4. The predicted octanol–water partition coefficient (Wildman–Crippen LogP) is 1.22. The second-order valence-electron chi connectivity index (χ2n) is 3.23. The van der Waals surface area contributed by atoms with Gasteiger partial charge in [-0.3, -0.25) is 0 Å². The summed E-state index contributed by atoms with van der Waals surface area (Å²) in [6.45, 7) is 2.46. The van der Waals surface area contributed by atoms with Crippen molar-refractivity contribution in [1.29, 1.82) is 0 Å². The van der Waals surface area contributed by atoms with Crippen LogP contribution < -0.4 is 11.1 Å². The summed E-state index contributed by atoms with van der Waals surface area (Å²) in [7, 11) is 0. The van der Waals surface area contributed by atoms with Crippen molar-refractivity contribution in [2.75, 3.05) is 11.1 Å². The fourth-order valence-corrected chi connectivity index (χ4v) is 1.21. The molecule has 2 aromatic rings. The van der Waals surface area contributed by atoms with E-state index < -0.39 is 0 Å². The molecule has 3 N–H and O–H groups in total. The fourth-order valence-electron chi connectivity index (χ4n) is 1.21. The normalized spacial score (nSPS) is 10.3. The number of oxazole rings is 1. The lowest BCUT2D eigenvalue weighted by molar-refractivity contribution is 0.465.